The van der Waals surface area contributed by atoms with Gasteiger partial charge in [0.25, 0.3) is 0 Å². The SMILES string of the molecule is C=C(C)C(=O)O.O=S(=O)([O-])OOS(=O)(=O)[O-].[K+].[K+]. The second kappa shape index (κ2) is 12.9. The largest absolute Gasteiger partial charge is 1.00 e. The van der Waals surface area contributed by atoms with Gasteiger partial charge in [0.05, 0.1) is 0 Å². The number of carboxylic acid groups (broad SMARTS) is 1. The second-order valence-electron chi connectivity index (χ2n) is 2.04. The van der Waals surface area contributed by atoms with Crippen LogP contribution in [-0.2, 0) is 34.3 Å². The number of aliphatic carboxylic acids is 1. The van der Waals surface area contributed by atoms with Crippen LogP contribution < -0.4 is 103 Å². The summed E-state index contributed by atoms with van der Waals surface area (Å²) in [5.41, 5.74) is 0.176. The fraction of sp³-hybridized carbons (Fsp3) is 0.250. The first-order valence-corrected chi connectivity index (χ1v) is 5.70. The van der Waals surface area contributed by atoms with Crippen molar-refractivity contribution in [2.24, 2.45) is 0 Å². The summed E-state index contributed by atoms with van der Waals surface area (Å²) in [7, 11) is -10.6. The smallest absolute Gasteiger partial charge is 0.724 e. The molecule has 14 heteroatoms. The van der Waals surface area contributed by atoms with Crippen LogP contribution in [0, 0.1) is 0 Å². The zero-order valence-electron chi connectivity index (χ0n) is 9.65. The summed E-state index contributed by atoms with van der Waals surface area (Å²) in [6, 6.07) is 0. The van der Waals surface area contributed by atoms with Crippen LogP contribution in [0.5, 0.6) is 0 Å². The number of hydrogen-bond acceptors (Lipinski definition) is 9. The van der Waals surface area contributed by atoms with Gasteiger partial charge >= 0.3 is 109 Å². The molecule has 0 aliphatic heterocycles. The van der Waals surface area contributed by atoms with Gasteiger partial charge in [-0.2, -0.15) is 0 Å². The summed E-state index contributed by atoms with van der Waals surface area (Å²) < 4.78 is 61.5. The molecule has 96 valence electrons. The Morgan fingerprint density at radius 3 is 1.28 bits per heavy atom. The zero-order valence-corrected chi connectivity index (χ0v) is 17.5. The molecule has 0 aromatic rings. The molecule has 0 aromatic carbocycles. The van der Waals surface area contributed by atoms with Crippen LogP contribution in [0.4, 0.5) is 0 Å². The number of hydrogen-bond donors (Lipinski definition) is 1. The summed E-state index contributed by atoms with van der Waals surface area (Å²) in [6.45, 7) is 4.60. The topological polar surface area (TPSA) is 170 Å². The van der Waals surface area contributed by atoms with Gasteiger partial charge in [-0.3, -0.25) is 0 Å². The second-order valence-corrected chi connectivity index (χ2v) is 3.94. The number of carbonyl (C=O) groups is 1. The third-order valence-corrected chi connectivity index (χ3v) is 1.12. The molecule has 18 heavy (non-hydrogen) atoms. The van der Waals surface area contributed by atoms with Gasteiger partial charge in [-0.15, -0.1) is 8.67 Å². The molecule has 0 bridgehead atoms. The molecular formula is C4H6K2O10S2. The molecule has 0 saturated carbocycles. The Morgan fingerprint density at radius 1 is 1.06 bits per heavy atom. The van der Waals surface area contributed by atoms with Crippen LogP contribution in [-0.4, -0.2) is 37.0 Å². The number of rotatable bonds is 4. The Balaban J connectivity index is -0.000000108. The van der Waals surface area contributed by atoms with E-state index in [1.807, 2.05) is 0 Å². The van der Waals surface area contributed by atoms with E-state index in [2.05, 4.69) is 15.2 Å². The molecule has 0 radical (unpaired) electrons. The van der Waals surface area contributed by atoms with E-state index in [-0.39, 0.29) is 108 Å². The van der Waals surface area contributed by atoms with Crippen LogP contribution in [0.2, 0.25) is 0 Å². The molecule has 0 heterocycles. The maximum Gasteiger partial charge on any atom is 1.00 e. The minimum atomic E-state index is -5.31. The fourth-order valence-corrected chi connectivity index (χ4v) is 0.612. The Kier molecular flexibility index (Phi) is 20.4. The molecule has 0 spiro atoms. The van der Waals surface area contributed by atoms with E-state index in [9.17, 15) is 30.7 Å². The van der Waals surface area contributed by atoms with Gasteiger partial charge in [0, 0.05) is 5.57 Å². The van der Waals surface area contributed by atoms with Crippen LogP contribution >= 0.6 is 0 Å². The third-order valence-electron chi connectivity index (χ3n) is 0.560. The quantitative estimate of drug-likeness (QED) is 0.127. The molecule has 0 aliphatic rings. The molecule has 1 N–H and O–H groups in total. The summed E-state index contributed by atoms with van der Waals surface area (Å²) in [5, 5.41) is 7.89. The van der Waals surface area contributed by atoms with Gasteiger partial charge < -0.3 is 14.2 Å². The van der Waals surface area contributed by atoms with Gasteiger partial charge in [0.15, 0.2) is 0 Å². The van der Waals surface area contributed by atoms with Crippen LogP contribution in [0.25, 0.3) is 0 Å². The molecule has 0 aliphatic carbocycles. The van der Waals surface area contributed by atoms with Crippen molar-refractivity contribution < 1.29 is 147 Å². The molecule has 0 unspecified atom stereocenters. The molecule has 0 atom stereocenters. The monoisotopic (exact) mass is 356 g/mol. The van der Waals surface area contributed by atoms with Gasteiger partial charge in [-0.25, -0.2) is 21.6 Å². The summed E-state index contributed by atoms with van der Waals surface area (Å²) in [5.74, 6) is -0.935. The Bertz CT molecular complexity index is 406. The van der Waals surface area contributed by atoms with Gasteiger partial charge in [0.1, 0.15) is 0 Å². The van der Waals surface area contributed by atoms with Gasteiger partial charge in [-0.05, 0) is 6.92 Å². The van der Waals surface area contributed by atoms with Crippen molar-refractivity contribution >= 4 is 26.8 Å². The van der Waals surface area contributed by atoms with Crippen LogP contribution in [0.3, 0.4) is 0 Å². The van der Waals surface area contributed by atoms with E-state index in [1.165, 1.54) is 6.92 Å². The van der Waals surface area contributed by atoms with Crippen molar-refractivity contribution in [3.05, 3.63) is 12.2 Å². The zero-order chi connectivity index (χ0) is 13.6. The molecule has 10 nitrogen and oxygen atoms in total. The van der Waals surface area contributed by atoms with Crippen LogP contribution in [0.15, 0.2) is 12.2 Å². The van der Waals surface area contributed by atoms with Crippen molar-refractivity contribution in [3.8, 4) is 0 Å². The minimum Gasteiger partial charge on any atom is -0.724 e. The van der Waals surface area contributed by atoms with Crippen molar-refractivity contribution in [3.63, 3.8) is 0 Å². The molecule has 0 rings (SSSR count). The van der Waals surface area contributed by atoms with E-state index in [0.29, 0.717) is 0 Å². The van der Waals surface area contributed by atoms with E-state index >= 15 is 0 Å². The average Bonchev–Trinajstić information content (AvgIpc) is 1.99. The normalized spacial score (nSPS) is 9.94. The Hall–Kier alpha value is 2.22. The van der Waals surface area contributed by atoms with Gasteiger partial charge in [-0.1, -0.05) is 6.58 Å². The molecule has 0 aromatic heterocycles. The summed E-state index contributed by atoms with van der Waals surface area (Å²) in [6.07, 6.45) is 0. The summed E-state index contributed by atoms with van der Waals surface area (Å²) in [4.78, 5) is 9.60. The summed E-state index contributed by atoms with van der Waals surface area (Å²) >= 11 is 0. The predicted octanol–water partition coefficient (Wildman–Crippen LogP) is -7.49. The molecule has 0 fully saturated rings. The van der Waals surface area contributed by atoms with E-state index in [4.69, 9.17) is 5.11 Å². The van der Waals surface area contributed by atoms with E-state index in [0.717, 1.165) is 0 Å². The first-order chi connectivity index (χ1) is 6.85. The predicted molar refractivity (Wildman–Crippen MR) is 44.0 cm³/mol. The third kappa shape index (κ3) is 30.9. The molecular weight excluding hydrogens is 350 g/mol. The van der Waals surface area contributed by atoms with Crippen molar-refractivity contribution in [2.45, 2.75) is 6.92 Å². The van der Waals surface area contributed by atoms with E-state index < -0.39 is 26.8 Å². The van der Waals surface area contributed by atoms with Crippen LogP contribution in [0.1, 0.15) is 6.92 Å². The van der Waals surface area contributed by atoms with Gasteiger partial charge in [0.2, 0.25) is 20.8 Å². The first-order valence-electron chi connectivity index (χ1n) is 3.03. The molecule has 0 saturated heterocycles. The maximum absolute atomic E-state index is 9.60. The minimum absolute atomic E-state index is 0. The van der Waals surface area contributed by atoms with Crippen molar-refractivity contribution in [1.29, 1.82) is 0 Å². The first kappa shape index (κ1) is 28.4. The average molecular weight is 356 g/mol. The molecule has 0 amide bonds. The van der Waals surface area contributed by atoms with E-state index in [1.54, 1.807) is 0 Å². The number of carboxylic acids is 1. The standard InChI is InChI=1S/C4H6O2.2K.H2O8S2/c1-3(2)4(5)6;;;1-9(2,3)7-8-10(4,5)6/h1H2,2H3,(H,5,6);;;(H,1,2,3)(H,4,5,6)/q;2*+1;/p-2. The Labute approximate surface area is 189 Å². The maximum atomic E-state index is 9.60. The van der Waals surface area contributed by atoms with Crippen molar-refractivity contribution in [1.82, 2.24) is 0 Å². The fourth-order valence-electron chi connectivity index (χ4n) is 0.0680. The van der Waals surface area contributed by atoms with Crippen molar-refractivity contribution in [2.75, 3.05) is 0 Å². The Morgan fingerprint density at radius 2 is 1.22 bits per heavy atom.